The van der Waals surface area contributed by atoms with E-state index in [0.717, 1.165) is 6.42 Å². The van der Waals surface area contributed by atoms with Crippen LogP contribution in [0.15, 0.2) is 0 Å². The van der Waals surface area contributed by atoms with Gasteiger partial charge in [-0.25, -0.2) is 4.79 Å². The van der Waals surface area contributed by atoms with Crippen LogP contribution in [-0.2, 0) is 9.53 Å². The molecule has 0 bridgehead atoms. The maximum Gasteiger partial charge on any atom is 0.384 e. The molecule has 0 spiro atoms. The van der Waals surface area contributed by atoms with Crippen molar-refractivity contribution in [1.29, 1.82) is 0 Å². The third-order valence-electron chi connectivity index (χ3n) is 1.56. The molecule has 1 N–H and O–H groups in total. The molecule has 0 radical (unpaired) electrons. The van der Waals surface area contributed by atoms with Crippen molar-refractivity contribution in [2.75, 3.05) is 6.61 Å². The van der Waals surface area contributed by atoms with Crippen molar-refractivity contribution in [3.05, 3.63) is 0 Å². The summed E-state index contributed by atoms with van der Waals surface area (Å²) >= 11 is 0. The number of hydrogen-bond donors (Lipinski definition) is 1. The molecule has 0 fully saturated rings. The average Bonchev–Trinajstić information content (AvgIpc) is 2.02. The molecule has 3 heteroatoms. The number of hydrogen-bond acceptors (Lipinski definition) is 3. The van der Waals surface area contributed by atoms with E-state index in [-0.39, 0.29) is 0 Å². The Bertz CT molecular complexity index is 227. The number of esters is 1. The first kappa shape index (κ1) is 13.0. The molecule has 80 valence electrons. The summed E-state index contributed by atoms with van der Waals surface area (Å²) in [6, 6.07) is 0. The van der Waals surface area contributed by atoms with Gasteiger partial charge in [-0.05, 0) is 33.6 Å². The summed E-state index contributed by atoms with van der Waals surface area (Å²) in [5.41, 5.74) is -0.647. The second-order valence-electron chi connectivity index (χ2n) is 3.69. The van der Waals surface area contributed by atoms with Crippen LogP contribution in [0, 0.1) is 11.8 Å². The van der Waals surface area contributed by atoms with Gasteiger partial charge in [-0.3, -0.25) is 0 Å². The van der Waals surface area contributed by atoms with Crippen molar-refractivity contribution >= 4 is 5.97 Å². The molecule has 0 unspecified atom stereocenters. The Kier molecular flexibility index (Phi) is 5.98. The van der Waals surface area contributed by atoms with Crippen molar-refractivity contribution in [2.45, 2.75) is 45.6 Å². The fourth-order valence-corrected chi connectivity index (χ4v) is 0.911. The van der Waals surface area contributed by atoms with E-state index >= 15 is 0 Å². The SMILES string of the molecule is CCOC(=O)C#CCCCC(C)(C)O. The van der Waals surface area contributed by atoms with Crippen LogP contribution >= 0.6 is 0 Å². The van der Waals surface area contributed by atoms with Crippen molar-refractivity contribution in [3.63, 3.8) is 0 Å². The minimum absolute atomic E-state index is 0.358. The first-order valence-electron chi connectivity index (χ1n) is 4.83. The Morgan fingerprint density at radius 2 is 2.14 bits per heavy atom. The standard InChI is InChI=1S/C11H18O3/c1-4-14-10(12)8-6-5-7-9-11(2,3)13/h13H,4-5,7,9H2,1-3H3. The van der Waals surface area contributed by atoms with Crippen LogP contribution < -0.4 is 0 Å². The van der Waals surface area contributed by atoms with Gasteiger partial charge in [0, 0.05) is 12.3 Å². The predicted octanol–water partition coefficient (Wildman–Crippen LogP) is 1.49. The number of unbranched alkanes of at least 4 members (excludes halogenated alkanes) is 1. The minimum Gasteiger partial charge on any atom is -0.456 e. The number of carbonyl (C=O) groups excluding carboxylic acids is 1. The molecular formula is C11H18O3. The zero-order chi connectivity index (χ0) is 11.0. The van der Waals surface area contributed by atoms with Crippen LogP contribution in [0.2, 0.25) is 0 Å². The van der Waals surface area contributed by atoms with Gasteiger partial charge in [0.25, 0.3) is 0 Å². The fraction of sp³-hybridized carbons (Fsp3) is 0.727. The largest absolute Gasteiger partial charge is 0.456 e. The number of aliphatic hydroxyl groups is 1. The molecule has 0 heterocycles. The summed E-state index contributed by atoms with van der Waals surface area (Å²) in [5, 5.41) is 9.37. The summed E-state index contributed by atoms with van der Waals surface area (Å²) in [4.78, 5) is 10.8. The molecule has 0 aromatic rings. The summed E-state index contributed by atoms with van der Waals surface area (Å²) in [7, 11) is 0. The van der Waals surface area contributed by atoms with E-state index in [9.17, 15) is 9.90 Å². The lowest BCUT2D eigenvalue weighted by Gasteiger charge is -2.15. The highest BCUT2D eigenvalue weighted by Gasteiger charge is 2.10. The first-order chi connectivity index (χ1) is 6.45. The zero-order valence-corrected chi connectivity index (χ0v) is 9.09. The smallest absolute Gasteiger partial charge is 0.384 e. The third kappa shape index (κ3) is 9.08. The molecule has 3 nitrogen and oxygen atoms in total. The Morgan fingerprint density at radius 1 is 1.50 bits per heavy atom. The number of ether oxygens (including phenoxy) is 1. The minimum atomic E-state index is -0.647. The van der Waals surface area contributed by atoms with E-state index in [2.05, 4.69) is 16.6 Å². The molecule has 0 aliphatic rings. The molecule has 0 aromatic carbocycles. The Hall–Kier alpha value is -1.01. The van der Waals surface area contributed by atoms with E-state index in [1.807, 2.05) is 0 Å². The third-order valence-corrected chi connectivity index (χ3v) is 1.56. The second kappa shape index (κ2) is 6.44. The van der Waals surface area contributed by atoms with Crippen LogP contribution in [0.4, 0.5) is 0 Å². The Labute approximate surface area is 85.5 Å². The lowest BCUT2D eigenvalue weighted by Crippen LogP contribution is -2.17. The van der Waals surface area contributed by atoms with Gasteiger partial charge in [0.15, 0.2) is 0 Å². The maximum atomic E-state index is 10.8. The van der Waals surface area contributed by atoms with Gasteiger partial charge in [-0.2, -0.15) is 0 Å². The molecule has 0 aliphatic heterocycles. The highest BCUT2D eigenvalue weighted by atomic mass is 16.5. The number of rotatable bonds is 4. The highest BCUT2D eigenvalue weighted by molar-refractivity contribution is 5.88. The Morgan fingerprint density at radius 3 is 2.64 bits per heavy atom. The van der Waals surface area contributed by atoms with Gasteiger partial charge in [0.05, 0.1) is 12.2 Å². The molecule has 0 aliphatic carbocycles. The average molecular weight is 198 g/mol. The predicted molar refractivity (Wildman–Crippen MR) is 54.6 cm³/mol. The lowest BCUT2D eigenvalue weighted by atomic mass is 10.0. The number of carbonyl (C=O) groups is 1. The normalized spacial score (nSPS) is 10.3. The van der Waals surface area contributed by atoms with Crippen LogP contribution in [0.5, 0.6) is 0 Å². The van der Waals surface area contributed by atoms with Gasteiger partial charge in [0.2, 0.25) is 0 Å². The van der Waals surface area contributed by atoms with E-state index in [0.29, 0.717) is 19.4 Å². The monoisotopic (exact) mass is 198 g/mol. The van der Waals surface area contributed by atoms with Crippen molar-refractivity contribution in [3.8, 4) is 11.8 Å². The van der Waals surface area contributed by atoms with E-state index in [1.165, 1.54) is 0 Å². The van der Waals surface area contributed by atoms with Gasteiger partial charge in [-0.1, -0.05) is 5.92 Å². The first-order valence-corrected chi connectivity index (χ1v) is 4.83. The van der Waals surface area contributed by atoms with Crippen LogP contribution in [0.25, 0.3) is 0 Å². The summed E-state index contributed by atoms with van der Waals surface area (Å²) in [6.07, 6.45) is 2.09. The van der Waals surface area contributed by atoms with Crippen molar-refractivity contribution in [2.24, 2.45) is 0 Å². The fourth-order valence-electron chi connectivity index (χ4n) is 0.911. The molecule has 0 saturated heterocycles. The maximum absolute atomic E-state index is 10.8. The van der Waals surface area contributed by atoms with Crippen LogP contribution in [0.3, 0.4) is 0 Å². The summed E-state index contributed by atoms with van der Waals surface area (Å²) in [6.45, 7) is 5.61. The van der Waals surface area contributed by atoms with Crippen LogP contribution in [0.1, 0.15) is 40.0 Å². The Balaban J connectivity index is 3.58. The van der Waals surface area contributed by atoms with Crippen molar-refractivity contribution in [1.82, 2.24) is 0 Å². The summed E-state index contributed by atoms with van der Waals surface area (Å²) < 4.78 is 4.63. The molecule has 0 saturated carbocycles. The van der Waals surface area contributed by atoms with Gasteiger partial charge in [-0.15, -0.1) is 0 Å². The topological polar surface area (TPSA) is 46.5 Å². The molecule has 0 amide bonds. The zero-order valence-electron chi connectivity index (χ0n) is 9.09. The van der Waals surface area contributed by atoms with Gasteiger partial charge in [0.1, 0.15) is 0 Å². The summed E-state index contributed by atoms with van der Waals surface area (Å²) in [5.74, 6) is 4.61. The molecule has 0 rings (SSSR count). The van der Waals surface area contributed by atoms with Crippen LogP contribution in [-0.4, -0.2) is 23.3 Å². The van der Waals surface area contributed by atoms with E-state index < -0.39 is 11.6 Å². The van der Waals surface area contributed by atoms with Gasteiger partial charge < -0.3 is 9.84 Å². The van der Waals surface area contributed by atoms with E-state index in [1.54, 1.807) is 20.8 Å². The highest BCUT2D eigenvalue weighted by Crippen LogP contribution is 2.10. The molecule has 0 aromatic heterocycles. The lowest BCUT2D eigenvalue weighted by molar-refractivity contribution is -0.136. The van der Waals surface area contributed by atoms with Crippen molar-refractivity contribution < 1.29 is 14.6 Å². The quantitative estimate of drug-likeness (QED) is 0.322. The second-order valence-corrected chi connectivity index (χ2v) is 3.69. The molecule has 14 heavy (non-hydrogen) atoms. The molecular weight excluding hydrogens is 180 g/mol. The van der Waals surface area contributed by atoms with Gasteiger partial charge >= 0.3 is 5.97 Å². The van der Waals surface area contributed by atoms with E-state index in [4.69, 9.17) is 0 Å². The molecule has 0 atom stereocenters.